The average molecular weight is 379 g/mol. The number of thiophene rings is 1. The Bertz CT molecular complexity index is 860. The van der Waals surface area contributed by atoms with E-state index in [-0.39, 0.29) is 0 Å². The van der Waals surface area contributed by atoms with E-state index in [1.54, 1.807) is 16.0 Å². The summed E-state index contributed by atoms with van der Waals surface area (Å²) in [7, 11) is 0. The lowest BCUT2D eigenvalue weighted by Gasteiger charge is -2.03. The molecule has 0 fully saturated rings. The standard InChI is InChI=1S/C14H11BrN4S2/c1-9-6-7-21-12(9)8-16-19-13(17-18-14(19)20)10-4-2-3-5-11(10)15/h2-8H,1H3,(H,18,20)/b16-8+. The molecule has 3 rings (SSSR count). The molecule has 0 saturated carbocycles. The highest BCUT2D eigenvalue weighted by Gasteiger charge is 2.11. The van der Waals surface area contributed by atoms with E-state index in [1.807, 2.05) is 35.9 Å². The Morgan fingerprint density at radius 1 is 1.38 bits per heavy atom. The summed E-state index contributed by atoms with van der Waals surface area (Å²) in [6.45, 7) is 2.06. The first-order valence-corrected chi connectivity index (χ1v) is 8.25. The second-order valence-corrected chi connectivity index (χ2v) is 6.55. The molecule has 0 atom stereocenters. The number of aromatic nitrogens is 3. The molecule has 0 bridgehead atoms. The molecule has 0 aliphatic rings. The monoisotopic (exact) mass is 378 g/mol. The van der Waals surface area contributed by atoms with Gasteiger partial charge in [-0.2, -0.15) is 14.9 Å². The molecule has 0 aliphatic heterocycles. The maximum absolute atomic E-state index is 5.26. The van der Waals surface area contributed by atoms with E-state index >= 15 is 0 Å². The molecule has 1 N–H and O–H groups in total. The Hall–Kier alpha value is -1.57. The van der Waals surface area contributed by atoms with Crippen LogP contribution in [0.4, 0.5) is 0 Å². The molecule has 0 unspecified atom stereocenters. The van der Waals surface area contributed by atoms with E-state index in [9.17, 15) is 0 Å². The Morgan fingerprint density at radius 2 is 2.19 bits per heavy atom. The van der Waals surface area contributed by atoms with Gasteiger partial charge in [-0.15, -0.1) is 11.3 Å². The molecular formula is C14H11BrN4S2. The molecule has 0 aliphatic carbocycles. The summed E-state index contributed by atoms with van der Waals surface area (Å²) in [5, 5.41) is 13.6. The first-order valence-electron chi connectivity index (χ1n) is 6.17. The van der Waals surface area contributed by atoms with Gasteiger partial charge in [0.05, 0.1) is 11.1 Å². The lowest BCUT2D eigenvalue weighted by molar-refractivity contribution is 0.871. The summed E-state index contributed by atoms with van der Waals surface area (Å²) in [4.78, 5) is 1.11. The van der Waals surface area contributed by atoms with Gasteiger partial charge in [-0.3, -0.25) is 0 Å². The Kier molecular flexibility index (Phi) is 4.14. The zero-order chi connectivity index (χ0) is 14.8. The topological polar surface area (TPSA) is 46.0 Å². The fourth-order valence-corrected chi connectivity index (χ4v) is 3.26. The van der Waals surface area contributed by atoms with E-state index in [2.05, 4.69) is 44.2 Å². The van der Waals surface area contributed by atoms with Gasteiger partial charge in [0, 0.05) is 10.0 Å². The minimum Gasteiger partial charge on any atom is -0.250 e. The number of halogens is 1. The second-order valence-electron chi connectivity index (χ2n) is 4.36. The maximum atomic E-state index is 5.26. The average Bonchev–Trinajstić information content (AvgIpc) is 3.04. The van der Waals surface area contributed by atoms with Gasteiger partial charge in [0.1, 0.15) is 0 Å². The second kappa shape index (κ2) is 6.05. The van der Waals surface area contributed by atoms with E-state index in [4.69, 9.17) is 12.2 Å². The number of H-pyrrole nitrogens is 1. The van der Waals surface area contributed by atoms with Crippen LogP contribution in [0.25, 0.3) is 11.4 Å². The Labute approximate surface area is 139 Å². The van der Waals surface area contributed by atoms with Crippen molar-refractivity contribution in [2.45, 2.75) is 6.92 Å². The molecule has 2 heterocycles. The first-order chi connectivity index (χ1) is 10.2. The maximum Gasteiger partial charge on any atom is 0.216 e. The van der Waals surface area contributed by atoms with Crippen LogP contribution in [0.2, 0.25) is 0 Å². The smallest absolute Gasteiger partial charge is 0.216 e. The predicted molar refractivity (Wildman–Crippen MR) is 92.6 cm³/mol. The quantitative estimate of drug-likeness (QED) is 0.533. The molecule has 4 nitrogen and oxygen atoms in total. The lowest BCUT2D eigenvalue weighted by atomic mass is 10.2. The first kappa shape index (κ1) is 14.4. The van der Waals surface area contributed by atoms with Crippen LogP contribution in [0, 0.1) is 11.7 Å². The number of hydrogen-bond donors (Lipinski definition) is 1. The highest BCUT2D eigenvalue weighted by atomic mass is 79.9. The third-order valence-electron chi connectivity index (χ3n) is 2.96. The van der Waals surface area contributed by atoms with E-state index in [1.165, 1.54) is 5.56 Å². The van der Waals surface area contributed by atoms with Crippen LogP contribution < -0.4 is 0 Å². The van der Waals surface area contributed by atoms with Crippen molar-refractivity contribution in [3.05, 3.63) is 55.4 Å². The van der Waals surface area contributed by atoms with Crippen molar-refractivity contribution in [1.29, 1.82) is 0 Å². The van der Waals surface area contributed by atoms with Crippen molar-refractivity contribution in [3.8, 4) is 11.4 Å². The van der Waals surface area contributed by atoms with Crippen LogP contribution in [0.3, 0.4) is 0 Å². The van der Waals surface area contributed by atoms with E-state index in [0.29, 0.717) is 10.6 Å². The molecule has 0 saturated heterocycles. The minimum atomic E-state index is 0.464. The molecule has 3 aromatic rings. The van der Waals surface area contributed by atoms with Crippen LogP contribution in [0.15, 0.2) is 45.3 Å². The van der Waals surface area contributed by atoms with Crippen LogP contribution in [-0.2, 0) is 0 Å². The highest BCUT2D eigenvalue weighted by molar-refractivity contribution is 9.10. The zero-order valence-electron chi connectivity index (χ0n) is 11.1. The number of aryl methyl sites for hydroxylation is 1. The van der Waals surface area contributed by atoms with Gasteiger partial charge in [0.25, 0.3) is 0 Å². The number of nitrogens with zero attached hydrogens (tertiary/aromatic N) is 3. The number of aromatic amines is 1. The fraction of sp³-hybridized carbons (Fsp3) is 0.0714. The zero-order valence-corrected chi connectivity index (χ0v) is 14.3. The van der Waals surface area contributed by atoms with Crippen LogP contribution >= 0.6 is 39.5 Å². The van der Waals surface area contributed by atoms with Crippen molar-refractivity contribution in [1.82, 2.24) is 14.9 Å². The largest absolute Gasteiger partial charge is 0.250 e. The SMILES string of the molecule is Cc1ccsc1/C=N/n1c(-c2ccccc2Br)n[nH]c1=S. The molecule has 21 heavy (non-hydrogen) atoms. The summed E-state index contributed by atoms with van der Waals surface area (Å²) in [5.41, 5.74) is 2.13. The summed E-state index contributed by atoms with van der Waals surface area (Å²) in [6, 6.07) is 9.91. The molecule has 0 radical (unpaired) electrons. The van der Waals surface area contributed by atoms with Gasteiger partial charge in [-0.25, -0.2) is 5.10 Å². The van der Waals surface area contributed by atoms with Gasteiger partial charge in [-0.1, -0.05) is 28.1 Å². The lowest BCUT2D eigenvalue weighted by Crippen LogP contribution is -1.95. The Morgan fingerprint density at radius 3 is 2.90 bits per heavy atom. The Balaban J connectivity index is 2.07. The molecular weight excluding hydrogens is 368 g/mol. The van der Waals surface area contributed by atoms with Gasteiger partial charge in [0.2, 0.25) is 4.77 Å². The van der Waals surface area contributed by atoms with Gasteiger partial charge < -0.3 is 0 Å². The van der Waals surface area contributed by atoms with Crippen molar-refractivity contribution in [2.24, 2.45) is 5.10 Å². The van der Waals surface area contributed by atoms with Gasteiger partial charge in [0.15, 0.2) is 5.82 Å². The summed E-state index contributed by atoms with van der Waals surface area (Å²) >= 11 is 10.4. The van der Waals surface area contributed by atoms with Gasteiger partial charge in [-0.05, 0) is 48.3 Å². The molecule has 1 aromatic carbocycles. The van der Waals surface area contributed by atoms with Crippen LogP contribution in [0.1, 0.15) is 10.4 Å². The molecule has 2 aromatic heterocycles. The van der Waals surface area contributed by atoms with Gasteiger partial charge >= 0.3 is 0 Å². The molecule has 0 spiro atoms. The predicted octanol–water partition coefficient (Wildman–Crippen LogP) is 4.62. The number of hydrogen-bond acceptors (Lipinski definition) is 4. The van der Waals surface area contributed by atoms with Crippen molar-refractivity contribution >= 4 is 45.7 Å². The molecule has 7 heteroatoms. The normalized spacial score (nSPS) is 11.3. The number of rotatable bonds is 3. The van der Waals surface area contributed by atoms with E-state index in [0.717, 1.165) is 14.9 Å². The summed E-state index contributed by atoms with van der Waals surface area (Å²) in [5.74, 6) is 0.679. The molecule has 0 amide bonds. The molecule has 106 valence electrons. The third-order valence-corrected chi connectivity index (χ3v) is 4.87. The van der Waals surface area contributed by atoms with Crippen molar-refractivity contribution in [2.75, 3.05) is 0 Å². The summed E-state index contributed by atoms with van der Waals surface area (Å²) < 4.78 is 3.04. The number of benzene rings is 1. The summed E-state index contributed by atoms with van der Waals surface area (Å²) in [6.07, 6.45) is 1.81. The minimum absolute atomic E-state index is 0.464. The fourth-order valence-electron chi connectivity index (χ4n) is 1.84. The van der Waals surface area contributed by atoms with E-state index < -0.39 is 0 Å². The van der Waals surface area contributed by atoms with Crippen molar-refractivity contribution < 1.29 is 0 Å². The highest BCUT2D eigenvalue weighted by Crippen LogP contribution is 2.26. The number of nitrogens with one attached hydrogen (secondary N) is 1. The van der Waals surface area contributed by atoms with Crippen molar-refractivity contribution in [3.63, 3.8) is 0 Å². The van der Waals surface area contributed by atoms with Crippen LogP contribution in [-0.4, -0.2) is 21.1 Å². The third kappa shape index (κ3) is 2.90. The van der Waals surface area contributed by atoms with Crippen LogP contribution in [0.5, 0.6) is 0 Å².